The Balaban J connectivity index is 1.73. The number of ketones is 1. The predicted molar refractivity (Wildman–Crippen MR) is 143 cm³/mol. The van der Waals surface area contributed by atoms with Gasteiger partial charge in [0.25, 0.3) is 5.91 Å². The summed E-state index contributed by atoms with van der Waals surface area (Å²) in [5, 5.41) is 1.98. The molecule has 1 atom stereocenters. The number of alkyl halides is 3. The summed E-state index contributed by atoms with van der Waals surface area (Å²) in [6, 6.07) is 11.5. The molecule has 2 amide bonds. The highest BCUT2D eigenvalue weighted by Gasteiger charge is 2.71. The number of rotatable bonds is 9. The third-order valence-corrected chi connectivity index (χ3v) is 7.42. The lowest BCUT2D eigenvalue weighted by molar-refractivity contribution is -0.194. The number of allylic oxidation sites excluding steroid dienone is 1. The number of nitrogens with one attached hydrogen (secondary N) is 1. The Morgan fingerprint density at radius 1 is 0.902 bits per heavy atom. The standard InChI is InChI=1S/C30H33F3N2O6/c1-28(2)15-23-26(24(36)16-28)29(30(31,32)33,34-25(37)11-8-18-6-9-20(39-3)10-7-18)27(38)35(23)17-19-12-21(40-4)14-22(13-19)41-5/h6-7,9-10,12-14H,8,11,15-17H2,1-5H3,(H,34,37). The van der Waals surface area contributed by atoms with Crippen molar-refractivity contribution in [2.75, 3.05) is 21.3 Å². The molecule has 0 aromatic heterocycles. The first-order valence-corrected chi connectivity index (χ1v) is 13.1. The Morgan fingerprint density at radius 3 is 2.02 bits per heavy atom. The molecule has 2 aromatic carbocycles. The first kappa shape index (κ1) is 30.0. The lowest BCUT2D eigenvalue weighted by Crippen LogP contribution is -2.66. The Bertz CT molecular complexity index is 1360. The second kappa shape index (κ2) is 11.1. The number of hydrogen-bond acceptors (Lipinski definition) is 6. The van der Waals surface area contributed by atoms with Crippen molar-refractivity contribution in [3.63, 3.8) is 0 Å². The lowest BCUT2D eigenvalue weighted by Gasteiger charge is -2.35. The molecule has 1 N–H and O–H groups in total. The zero-order valence-corrected chi connectivity index (χ0v) is 23.6. The number of amides is 2. The molecule has 0 saturated carbocycles. The molecule has 8 nitrogen and oxygen atoms in total. The van der Waals surface area contributed by atoms with Crippen LogP contribution in [0.25, 0.3) is 0 Å². The van der Waals surface area contributed by atoms with Crippen LogP contribution in [-0.4, -0.2) is 55.5 Å². The second-order valence-corrected chi connectivity index (χ2v) is 11.0. The molecule has 41 heavy (non-hydrogen) atoms. The summed E-state index contributed by atoms with van der Waals surface area (Å²) < 4.78 is 60.8. The van der Waals surface area contributed by atoms with Gasteiger partial charge < -0.3 is 24.4 Å². The van der Waals surface area contributed by atoms with Gasteiger partial charge in [0.15, 0.2) is 5.78 Å². The minimum absolute atomic E-state index is 0.0363. The number of carbonyl (C=O) groups is 3. The molecule has 0 fully saturated rings. The first-order valence-electron chi connectivity index (χ1n) is 13.1. The van der Waals surface area contributed by atoms with E-state index in [0.29, 0.717) is 28.4 Å². The van der Waals surface area contributed by atoms with Crippen LogP contribution in [-0.2, 0) is 27.3 Å². The highest BCUT2D eigenvalue weighted by Crippen LogP contribution is 2.52. The SMILES string of the molecule is COc1ccc(CCC(=O)NC2(C(F)(F)F)C(=O)N(Cc3cc(OC)cc(OC)c3)C3=C2C(=O)CC(C)(C)C3)cc1. The summed E-state index contributed by atoms with van der Waals surface area (Å²) in [6.07, 6.45) is -5.64. The van der Waals surface area contributed by atoms with Crippen LogP contribution in [0.15, 0.2) is 53.7 Å². The molecule has 0 spiro atoms. The van der Waals surface area contributed by atoms with Crippen molar-refractivity contribution < 1.29 is 41.8 Å². The normalized spacial score (nSPS) is 20.1. The van der Waals surface area contributed by atoms with Crippen LogP contribution < -0.4 is 19.5 Å². The minimum Gasteiger partial charge on any atom is -0.497 e. The second-order valence-electron chi connectivity index (χ2n) is 11.0. The summed E-state index contributed by atoms with van der Waals surface area (Å²) in [4.78, 5) is 41.3. The van der Waals surface area contributed by atoms with E-state index in [0.717, 1.165) is 4.90 Å². The maximum atomic E-state index is 15.1. The zero-order valence-electron chi connectivity index (χ0n) is 23.6. The third kappa shape index (κ3) is 5.75. The fourth-order valence-electron chi connectivity index (χ4n) is 5.46. The van der Waals surface area contributed by atoms with Crippen LogP contribution in [0.1, 0.15) is 44.2 Å². The van der Waals surface area contributed by atoms with Gasteiger partial charge in [-0.1, -0.05) is 26.0 Å². The molecule has 220 valence electrons. The first-order chi connectivity index (χ1) is 19.2. The number of benzene rings is 2. The van der Waals surface area contributed by atoms with Gasteiger partial charge in [-0.15, -0.1) is 0 Å². The average molecular weight is 575 g/mol. The summed E-state index contributed by atoms with van der Waals surface area (Å²) >= 11 is 0. The van der Waals surface area contributed by atoms with E-state index in [1.165, 1.54) is 21.3 Å². The van der Waals surface area contributed by atoms with E-state index in [4.69, 9.17) is 14.2 Å². The smallest absolute Gasteiger partial charge is 0.425 e. The number of carbonyl (C=O) groups excluding carboxylic acids is 3. The number of aryl methyl sites for hydroxylation is 1. The van der Waals surface area contributed by atoms with Gasteiger partial charge in [0.2, 0.25) is 11.4 Å². The summed E-state index contributed by atoms with van der Waals surface area (Å²) in [5.74, 6) is -1.87. The molecule has 0 radical (unpaired) electrons. The quantitative estimate of drug-likeness (QED) is 0.465. The number of halogens is 3. The topological polar surface area (TPSA) is 94.2 Å². The van der Waals surface area contributed by atoms with Gasteiger partial charge in [-0.2, -0.15) is 13.2 Å². The van der Waals surface area contributed by atoms with Gasteiger partial charge in [0.1, 0.15) is 17.2 Å². The highest BCUT2D eigenvalue weighted by atomic mass is 19.4. The largest absolute Gasteiger partial charge is 0.497 e. The Labute approximate surface area is 236 Å². The Hall–Kier alpha value is -4.02. The molecule has 1 unspecified atom stereocenters. The number of nitrogens with zero attached hydrogens (tertiary/aromatic N) is 1. The van der Waals surface area contributed by atoms with E-state index < -0.39 is 40.3 Å². The summed E-state index contributed by atoms with van der Waals surface area (Å²) in [7, 11) is 4.36. The van der Waals surface area contributed by atoms with Gasteiger partial charge in [0.05, 0.1) is 33.4 Å². The van der Waals surface area contributed by atoms with Crippen molar-refractivity contribution in [1.82, 2.24) is 10.2 Å². The van der Waals surface area contributed by atoms with E-state index in [-0.39, 0.29) is 37.9 Å². The Kier molecular flexibility index (Phi) is 8.11. The number of ether oxygens (including phenoxy) is 3. The third-order valence-electron chi connectivity index (χ3n) is 7.42. The molecule has 0 bridgehead atoms. The van der Waals surface area contributed by atoms with Crippen LogP contribution in [0.2, 0.25) is 0 Å². The van der Waals surface area contributed by atoms with Crippen LogP contribution in [0, 0.1) is 5.41 Å². The van der Waals surface area contributed by atoms with Gasteiger partial charge in [-0.3, -0.25) is 14.4 Å². The number of methoxy groups -OCH3 is 3. The van der Waals surface area contributed by atoms with Gasteiger partial charge in [-0.05, 0) is 53.6 Å². The molecule has 1 aliphatic carbocycles. The maximum absolute atomic E-state index is 15.1. The van der Waals surface area contributed by atoms with Crippen molar-refractivity contribution in [3.05, 3.63) is 64.9 Å². The molecular formula is C30H33F3N2O6. The van der Waals surface area contributed by atoms with E-state index in [1.807, 2.05) is 5.32 Å². The average Bonchev–Trinajstić information content (AvgIpc) is 3.14. The molecule has 2 aromatic rings. The molecule has 11 heteroatoms. The van der Waals surface area contributed by atoms with Crippen molar-refractivity contribution in [2.45, 2.75) is 57.8 Å². The Morgan fingerprint density at radius 2 is 1.49 bits per heavy atom. The van der Waals surface area contributed by atoms with Crippen LogP contribution in [0.5, 0.6) is 17.2 Å². The fraction of sp³-hybridized carbons (Fsp3) is 0.433. The predicted octanol–water partition coefficient (Wildman–Crippen LogP) is 4.75. The molecule has 2 aliphatic rings. The summed E-state index contributed by atoms with van der Waals surface area (Å²) in [6.45, 7) is 3.23. The molecular weight excluding hydrogens is 541 g/mol. The monoisotopic (exact) mass is 574 g/mol. The van der Waals surface area contributed by atoms with Gasteiger partial charge in [0, 0.05) is 24.6 Å². The number of hydrogen-bond donors (Lipinski definition) is 1. The van der Waals surface area contributed by atoms with E-state index >= 15 is 13.2 Å². The van der Waals surface area contributed by atoms with Crippen molar-refractivity contribution in [3.8, 4) is 17.2 Å². The van der Waals surface area contributed by atoms with Gasteiger partial charge >= 0.3 is 6.18 Å². The molecule has 4 rings (SSSR count). The van der Waals surface area contributed by atoms with Crippen molar-refractivity contribution in [2.24, 2.45) is 5.41 Å². The van der Waals surface area contributed by atoms with E-state index in [1.54, 1.807) is 56.3 Å². The molecule has 1 aliphatic heterocycles. The zero-order chi connectivity index (χ0) is 30.2. The van der Waals surface area contributed by atoms with Crippen LogP contribution >= 0.6 is 0 Å². The van der Waals surface area contributed by atoms with E-state index in [9.17, 15) is 14.4 Å². The fourth-order valence-corrected chi connectivity index (χ4v) is 5.46. The lowest BCUT2D eigenvalue weighted by atomic mass is 9.72. The molecule has 0 saturated heterocycles. The van der Waals surface area contributed by atoms with Crippen molar-refractivity contribution in [1.29, 1.82) is 0 Å². The maximum Gasteiger partial charge on any atom is 0.425 e. The van der Waals surface area contributed by atoms with Crippen LogP contribution in [0.3, 0.4) is 0 Å². The van der Waals surface area contributed by atoms with E-state index in [2.05, 4.69) is 0 Å². The highest BCUT2D eigenvalue weighted by molar-refractivity contribution is 6.13. The minimum atomic E-state index is -5.28. The molecule has 1 heterocycles. The van der Waals surface area contributed by atoms with Crippen LogP contribution in [0.4, 0.5) is 13.2 Å². The summed E-state index contributed by atoms with van der Waals surface area (Å²) in [5.41, 5.74) is -3.80. The van der Waals surface area contributed by atoms with Gasteiger partial charge in [-0.25, -0.2) is 0 Å². The van der Waals surface area contributed by atoms with Crippen molar-refractivity contribution >= 4 is 17.6 Å². The number of Topliss-reactive ketones (excluding diaryl/α,β-unsaturated/α-hetero) is 1.